The van der Waals surface area contributed by atoms with Crippen LogP contribution in [0, 0.1) is 0 Å². The highest BCUT2D eigenvalue weighted by atomic mass is 19.1. The zero-order valence-corrected chi connectivity index (χ0v) is 10.8. The summed E-state index contributed by atoms with van der Waals surface area (Å²) in [7, 11) is 0. The number of nitrogens with zero attached hydrogens (tertiary/aromatic N) is 1. The first-order valence-corrected chi connectivity index (χ1v) is 6.01. The predicted molar refractivity (Wildman–Crippen MR) is 72.9 cm³/mol. The lowest BCUT2D eigenvalue weighted by Crippen LogP contribution is -2.22. The van der Waals surface area contributed by atoms with E-state index in [9.17, 15) is 4.39 Å². The Morgan fingerprint density at radius 3 is 2.61 bits per heavy atom. The molecule has 0 aliphatic rings. The van der Waals surface area contributed by atoms with Crippen molar-refractivity contribution in [3.8, 4) is 5.75 Å². The fourth-order valence-corrected chi connectivity index (χ4v) is 1.34. The highest BCUT2D eigenvalue weighted by Crippen LogP contribution is 2.16. The van der Waals surface area contributed by atoms with Gasteiger partial charge in [-0.25, -0.2) is 0 Å². The van der Waals surface area contributed by atoms with Crippen molar-refractivity contribution in [2.45, 2.75) is 26.4 Å². The van der Waals surface area contributed by atoms with Gasteiger partial charge in [-0.15, -0.1) is 0 Å². The van der Waals surface area contributed by atoms with Gasteiger partial charge in [0.1, 0.15) is 5.75 Å². The lowest BCUT2D eigenvalue weighted by Gasteiger charge is -2.10. The maximum Gasteiger partial charge on any atom is 0.193 e. The Balaban J connectivity index is 2.50. The van der Waals surface area contributed by atoms with Crippen molar-refractivity contribution in [3.63, 3.8) is 0 Å². The number of halogens is 1. The van der Waals surface area contributed by atoms with Gasteiger partial charge in [0.05, 0.1) is 12.8 Å². The summed E-state index contributed by atoms with van der Waals surface area (Å²) in [6.07, 6.45) is 0.542. The van der Waals surface area contributed by atoms with Gasteiger partial charge in [-0.05, 0) is 44.5 Å². The minimum Gasteiger partial charge on any atom is -0.491 e. The van der Waals surface area contributed by atoms with E-state index in [4.69, 9.17) is 10.5 Å². The summed E-state index contributed by atoms with van der Waals surface area (Å²) in [6.45, 7) is 3.96. The van der Waals surface area contributed by atoms with Gasteiger partial charge in [-0.1, -0.05) is 0 Å². The van der Waals surface area contributed by atoms with Gasteiger partial charge in [0.25, 0.3) is 0 Å². The van der Waals surface area contributed by atoms with Crippen LogP contribution in [0.15, 0.2) is 29.3 Å². The molecule has 0 spiro atoms. The monoisotopic (exact) mass is 253 g/mol. The molecule has 0 aliphatic carbocycles. The molecule has 1 rings (SSSR count). The third-order valence-electron chi connectivity index (χ3n) is 2.07. The number of nitrogens with one attached hydrogen (secondary N) is 1. The Bertz CT molecular complexity index is 376. The lowest BCUT2D eigenvalue weighted by atomic mass is 10.3. The van der Waals surface area contributed by atoms with Crippen molar-refractivity contribution < 1.29 is 9.13 Å². The molecule has 0 radical (unpaired) electrons. The molecule has 18 heavy (non-hydrogen) atoms. The molecule has 3 N–H and O–H groups in total. The molecule has 5 heteroatoms. The Morgan fingerprint density at radius 1 is 1.39 bits per heavy atom. The molecular formula is C13H20FN3O. The van der Waals surface area contributed by atoms with Gasteiger partial charge in [0.2, 0.25) is 0 Å². The Labute approximate surface area is 107 Å². The van der Waals surface area contributed by atoms with Gasteiger partial charge in [0.15, 0.2) is 5.96 Å². The molecule has 0 saturated heterocycles. The van der Waals surface area contributed by atoms with Crippen LogP contribution in [-0.4, -0.2) is 25.3 Å². The SMILES string of the molecule is CC(C)Oc1ccc(NC(N)=NCCCF)cc1. The van der Waals surface area contributed by atoms with Crippen LogP contribution in [0.25, 0.3) is 0 Å². The van der Waals surface area contributed by atoms with Crippen molar-refractivity contribution in [2.24, 2.45) is 10.7 Å². The first kappa shape index (κ1) is 14.3. The molecule has 0 heterocycles. The summed E-state index contributed by atoms with van der Waals surface area (Å²) in [5.74, 6) is 1.10. The van der Waals surface area contributed by atoms with Gasteiger partial charge < -0.3 is 15.8 Å². The van der Waals surface area contributed by atoms with Gasteiger partial charge in [-0.2, -0.15) is 0 Å². The number of guanidine groups is 1. The molecule has 0 aromatic heterocycles. The van der Waals surface area contributed by atoms with E-state index in [1.54, 1.807) is 0 Å². The van der Waals surface area contributed by atoms with Crippen LogP contribution >= 0.6 is 0 Å². The minimum absolute atomic E-state index is 0.149. The third kappa shape index (κ3) is 5.52. The number of aliphatic imine (C=N–C) groups is 1. The largest absolute Gasteiger partial charge is 0.491 e. The first-order valence-electron chi connectivity index (χ1n) is 6.01. The summed E-state index contributed by atoms with van der Waals surface area (Å²) >= 11 is 0. The van der Waals surface area contributed by atoms with Gasteiger partial charge >= 0.3 is 0 Å². The smallest absolute Gasteiger partial charge is 0.193 e. The maximum atomic E-state index is 11.9. The van der Waals surface area contributed by atoms with Gasteiger partial charge in [-0.3, -0.25) is 9.38 Å². The quantitative estimate of drug-likeness (QED) is 0.465. The van der Waals surface area contributed by atoms with Crippen LogP contribution in [0.2, 0.25) is 0 Å². The molecule has 0 bridgehead atoms. The molecule has 1 aromatic carbocycles. The normalized spacial score (nSPS) is 11.7. The number of benzene rings is 1. The Morgan fingerprint density at radius 2 is 2.06 bits per heavy atom. The molecule has 100 valence electrons. The van der Waals surface area contributed by atoms with Gasteiger partial charge in [0, 0.05) is 12.2 Å². The molecule has 0 fully saturated rings. The van der Waals surface area contributed by atoms with E-state index < -0.39 is 0 Å². The average molecular weight is 253 g/mol. The number of ether oxygens (including phenoxy) is 1. The summed E-state index contributed by atoms with van der Waals surface area (Å²) in [4.78, 5) is 3.99. The summed E-state index contributed by atoms with van der Waals surface area (Å²) < 4.78 is 17.4. The van der Waals surface area contributed by atoms with E-state index in [0.717, 1.165) is 11.4 Å². The van der Waals surface area contributed by atoms with Crippen molar-refractivity contribution in [1.82, 2.24) is 0 Å². The molecule has 1 aromatic rings. The highest BCUT2D eigenvalue weighted by molar-refractivity contribution is 5.92. The highest BCUT2D eigenvalue weighted by Gasteiger charge is 1.99. The Kier molecular flexibility index (Phi) is 5.97. The van der Waals surface area contributed by atoms with Crippen molar-refractivity contribution in [1.29, 1.82) is 0 Å². The minimum atomic E-state index is -0.377. The lowest BCUT2D eigenvalue weighted by molar-refractivity contribution is 0.242. The van der Waals surface area contributed by atoms with E-state index in [2.05, 4.69) is 10.3 Å². The zero-order valence-electron chi connectivity index (χ0n) is 10.8. The summed E-state index contributed by atoms with van der Waals surface area (Å²) in [5.41, 5.74) is 6.48. The van der Waals surface area contributed by atoms with E-state index in [0.29, 0.717) is 18.9 Å². The molecule has 0 saturated carbocycles. The number of rotatable bonds is 6. The fraction of sp³-hybridized carbons (Fsp3) is 0.462. The topological polar surface area (TPSA) is 59.6 Å². The summed E-state index contributed by atoms with van der Waals surface area (Å²) in [5, 5.41) is 2.93. The number of nitrogens with two attached hydrogens (primary N) is 1. The van der Waals surface area contributed by atoms with E-state index in [1.807, 2.05) is 38.1 Å². The number of alkyl halides is 1. The zero-order chi connectivity index (χ0) is 13.4. The molecular weight excluding hydrogens is 233 g/mol. The molecule has 0 aliphatic heterocycles. The first-order chi connectivity index (χ1) is 8.61. The predicted octanol–water partition coefficient (Wildman–Crippen LogP) is 2.56. The molecule has 0 amide bonds. The second kappa shape index (κ2) is 7.53. The van der Waals surface area contributed by atoms with Crippen LogP contribution in [0.1, 0.15) is 20.3 Å². The number of hydrogen-bond donors (Lipinski definition) is 2. The Hall–Kier alpha value is -1.78. The van der Waals surface area contributed by atoms with Crippen LogP contribution in [0.3, 0.4) is 0 Å². The third-order valence-corrected chi connectivity index (χ3v) is 2.07. The second-order valence-electron chi connectivity index (χ2n) is 4.13. The van der Waals surface area contributed by atoms with Crippen molar-refractivity contribution in [3.05, 3.63) is 24.3 Å². The van der Waals surface area contributed by atoms with Crippen LogP contribution in [0.4, 0.5) is 10.1 Å². The van der Waals surface area contributed by atoms with Crippen molar-refractivity contribution >= 4 is 11.6 Å². The molecule has 0 unspecified atom stereocenters. The van der Waals surface area contributed by atoms with Crippen LogP contribution in [-0.2, 0) is 0 Å². The standard InChI is InChI=1S/C13H20FN3O/c1-10(2)18-12-6-4-11(5-7-12)17-13(15)16-9-3-8-14/h4-7,10H,3,8-9H2,1-2H3,(H3,15,16,17). The maximum absolute atomic E-state index is 11.9. The number of hydrogen-bond acceptors (Lipinski definition) is 2. The molecule has 4 nitrogen and oxygen atoms in total. The van der Waals surface area contributed by atoms with E-state index in [-0.39, 0.29) is 12.8 Å². The molecule has 0 atom stereocenters. The average Bonchev–Trinajstić information content (AvgIpc) is 2.31. The second-order valence-corrected chi connectivity index (χ2v) is 4.13. The van der Waals surface area contributed by atoms with Crippen LogP contribution in [0.5, 0.6) is 5.75 Å². The van der Waals surface area contributed by atoms with E-state index >= 15 is 0 Å². The summed E-state index contributed by atoms with van der Waals surface area (Å²) in [6, 6.07) is 7.43. The number of anilines is 1. The van der Waals surface area contributed by atoms with Crippen molar-refractivity contribution in [2.75, 3.05) is 18.5 Å². The van der Waals surface area contributed by atoms with E-state index in [1.165, 1.54) is 0 Å². The fourth-order valence-electron chi connectivity index (χ4n) is 1.34. The van der Waals surface area contributed by atoms with Crippen LogP contribution < -0.4 is 15.8 Å².